The maximum absolute atomic E-state index is 13.2. The van der Waals surface area contributed by atoms with Gasteiger partial charge in [-0.05, 0) is 53.0 Å². The smallest absolute Gasteiger partial charge is 0.272 e. The number of unbranched alkanes of at least 4 members (excludes halogenated alkanes) is 1. The van der Waals surface area contributed by atoms with Crippen molar-refractivity contribution in [3.05, 3.63) is 82.9 Å². The minimum atomic E-state index is -0.473. The SMILES string of the molecule is C=C(Br)C(=O)Nc1cc(C(=O)Nc2cc(C(=O)Nc3cc(C(=O)Nc4cc(C(=O)NCCCCN=C(N)N)n(C)c4)n(C)c3)n(C)c2)n(C)c1. The highest BCUT2D eigenvalue weighted by Gasteiger charge is 2.20. The summed E-state index contributed by atoms with van der Waals surface area (Å²) >= 11 is 3.01. The van der Waals surface area contributed by atoms with E-state index < -0.39 is 23.6 Å². The molecule has 0 bridgehead atoms. The molecule has 0 fully saturated rings. The fraction of sp³-hybridized carbons (Fsp3) is 0.250. The van der Waals surface area contributed by atoms with Gasteiger partial charge in [0, 0.05) is 66.1 Å². The second-order valence-corrected chi connectivity index (χ2v) is 12.3. The van der Waals surface area contributed by atoms with E-state index in [0.717, 1.165) is 0 Å². The van der Waals surface area contributed by atoms with Crippen molar-refractivity contribution < 1.29 is 24.0 Å². The number of rotatable bonds is 14. The third-order valence-electron chi connectivity index (χ3n) is 7.39. The first-order valence-corrected chi connectivity index (χ1v) is 16.0. The van der Waals surface area contributed by atoms with Crippen LogP contribution in [0.15, 0.2) is 65.1 Å². The number of aromatic nitrogens is 4. The van der Waals surface area contributed by atoms with Gasteiger partial charge in [-0.3, -0.25) is 29.0 Å². The number of nitrogens with zero attached hydrogens (tertiary/aromatic N) is 5. The summed E-state index contributed by atoms with van der Waals surface area (Å²) in [6.45, 7) is 4.44. The van der Waals surface area contributed by atoms with Gasteiger partial charge in [-0.25, -0.2) is 0 Å². The maximum Gasteiger partial charge on any atom is 0.272 e. The Morgan fingerprint density at radius 3 is 1.36 bits per heavy atom. The average molecular weight is 752 g/mol. The summed E-state index contributed by atoms with van der Waals surface area (Å²) in [4.78, 5) is 67.8. The van der Waals surface area contributed by atoms with Crippen LogP contribution in [0.1, 0.15) is 54.8 Å². The van der Waals surface area contributed by atoms with E-state index in [9.17, 15) is 24.0 Å². The Morgan fingerprint density at radius 1 is 0.640 bits per heavy atom. The number of nitrogens with one attached hydrogen (secondary N) is 5. The summed E-state index contributed by atoms with van der Waals surface area (Å²) in [6, 6.07) is 6.12. The normalized spacial score (nSPS) is 10.7. The lowest BCUT2D eigenvalue weighted by molar-refractivity contribution is -0.112. The number of amides is 5. The van der Waals surface area contributed by atoms with Crippen LogP contribution in [-0.4, -0.2) is 66.9 Å². The highest BCUT2D eigenvalue weighted by atomic mass is 79.9. The number of hydrogen-bond donors (Lipinski definition) is 7. The van der Waals surface area contributed by atoms with Gasteiger partial charge in [-0.1, -0.05) is 6.58 Å². The summed E-state index contributed by atoms with van der Waals surface area (Å²) < 4.78 is 6.42. The number of carbonyl (C=O) groups excluding carboxylic acids is 5. The minimum Gasteiger partial charge on any atom is -0.370 e. The minimum absolute atomic E-state index is 0.0293. The molecule has 0 aromatic carbocycles. The van der Waals surface area contributed by atoms with Crippen LogP contribution < -0.4 is 38.1 Å². The Kier molecular flexibility index (Phi) is 11.7. The van der Waals surface area contributed by atoms with Crippen LogP contribution in [0.25, 0.3) is 0 Å². The van der Waals surface area contributed by atoms with Gasteiger partial charge in [0.15, 0.2) is 5.96 Å². The predicted octanol–water partition coefficient (Wildman–Crippen LogP) is 2.43. The topological polar surface area (TPSA) is 230 Å². The summed E-state index contributed by atoms with van der Waals surface area (Å²) in [5, 5.41) is 13.8. The number of anilines is 4. The highest BCUT2D eigenvalue weighted by Crippen LogP contribution is 2.21. The molecule has 0 atom stereocenters. The maximum atomic E-state index is 13.2. The Hall–Kier alpha value is -6.04. The molecular weight excluding hydrogens is 712 g/mol. The number of aryl methyl sites for hydroxylation is 4. The molecule has 0 radical (unpaired) electrons. The van der Waals surface area contributed by atoms with Gasteiger partial charge >= 0.3 is 0 Å². The Bertz CT molecular complexity index is 1990. The zero-order valence-electron chi connectivity index (χ0n) is 28.0. The average Bonchev–Trinajstić information content (AvgIpc) is 3.79. The van der Waals surface area contributed by atoms with Crippen molar-refractivity contribution in [3.8, 4) is 0 Å². The number of hydrogen-bond acceptors (Lipinski definition) is 6. The van der Waals surface area contributed by atoms with Crippen molar-refractivity contribution in [2.24, 2.45) is 44.7 Å². The Labute approximate surface area is 295 Å². The van der Waals surface area contributed by atoms with Gasteiger partial charge in [0.1, 0.15) is 22.8 Å². The van der Waals surface area contributed by atoms with E-state index >= 15 is 0 Å². The molecule has 0 aliphatic carbocycles. The van der Waals surface area contributed by atoms with Crippen molar-refractivity contribution >= 4 is 74.2 Å². The number of halogens is 1. The van der Waals surface area contributed by atoms with Crippen LogP contribution in [0, 0.1) is 0 Å². The number of carbonyl (C=O) groups is 5. The quantitative estimate of drug-likeness (QED) is 0.0440. The van der Waals surface area contributed by atoms with Crippen LogP contribution in [0.4, 0.5) is 22.7 Å². The van der Waals surface area contributed by atoms with Gasteiger partial charge < -0.3 is 56.3 Å². The summed E-state index contributed by atoms with van der Waals surface area (Å²) in [6.07, 6.45) is 7.79. The van der Waals surface area contributed by atoms with E-state index in [1.165, 1.54) is 18.2 Å². The van der Waals surface area contributed by atoms with E-state index in [2.05, 4.69) is 54.1 Å². The third kappa shape index (κ3) is 9.31. The van der Waals surface area contributed by atoms with Gasteiger partial charge in [0.25, 0.3) is 29.5 Å². The summed E-state index contributed by atoms with van der Waals surface area (Å²) in [5.74, 6) is -2.08. The fourth-order valence-electron chi connectivity index (χ4n) is 4.96. The molecule has 0 saturated heterocycles. The Morgan fingerprint density at radius 2 is 1.00 bits per heavy atom. The number of nitrogens with two attached hydrogens (primary N) is 2. The molecule has 4 heterocycles. The molecule has 0 aliphatic heterocycles. The third-order valence-corrected chi connectivity index (χ3v) is 7.75. The molecule has 264 valence electrons. The van der Waals surface area contributed by atoms with Gasteiger partial charge in [-0.15, -0.1) is 0 Å². The van der Waals surface area contributed by atoms with Crippen molar-refractivity contribution in [2.75, 3.05) is 34.4 Å². The molecule has 4 rings (SSSR count). The number of aliphatic imine (C=N–C) groups is 1. The van der Waals surface area contributed by atoms with Crippen LogP contribution in [0.2, 0.25) is 0 Å². The van der Waals surface area contributed by atoms with Gasteiger partial charge in [0.05, 0.1) is 27.2 Å². The number of guanidine groups is 1. The second kappa shape index (κ2) is 15.9. The molecule has 0 spiro atoms. The van der Waals surface area contributed by atoms with E-state index in [1.807, 2.05) is 0 Å². The van der Waals surface area contributed by atoms with Crippen molar-refractivity contribution in [1.29, 1.82) is 0 Å². The van der Waals surface area contributed by atoms with Crippen LogP contribution in [-0.2, 0) is 33.0 Å². The zero-order chi connectivity index (χ0) is 36.7. The van der Waals surface area contributed by atoms with E-state index in [0.29, 0.717) is 54.4 Å². The largest absolute Gasteiger partial charge is 0.370 e. The standard InChI is InChI=1S/C32H39BrN12O5/c1-18(33)27(46)38-19-11-24(43(3)14-19)29(48)40-21-13-26(45(5)16-21)31(50)41-22-12-25(44(4)17-22)30(49)39-20-10-23(42(2)15-20)28(47)36-8-6-7-9-37-32(34)35/h10-17H,1,6-9H2,2-5H3,(H,36,47)(H,38,46)(H,39,49)(H,40,48)(H,41,50)(H4,34,35,37). The van der Waals surface area contributed by atoms with Crippen LogP contribution in [0.5, 0.6) is 0 Å². The first-order chi connectivity index (χ1) is 23.6. The van der Waals surface area contributed by atoms with E-state index in [1.54, 1.807) is 77.3 Å². The molecule has 0 saturated carbocycles. The van der Waals surface area contributed by atoms with Crippen molar-refractivity contribution in [3.63, 3.8) is 0 Å². The molecule has 9 N–H and O–H groups in total. The van der Waals surface area contributed by atoms with Crippen molar-refractivity contribution in [2.45, 2.75) is 12.8 Å². The molecule has 0 aliphatic rings. The lowest BCUT2D eigenvalue weighted by Crippen LogP contribution is -2.26. The molecule has 0 unspecified atom stereocenters. The molecule has 4 aromatic rings. The van der Waals surface area contributed by atoms with Gasteiger partial charge in [-0.2, -0.15) is 0 Å². The first-order valence-electron chi connectivity index (χ1n) is 15.2. The first kappa shape index (κ1) is 36.8. The molecule has 50 heavy (non-hydrogen) atoms. The van der Waals surface area contributed by atoms with Crippen molar-refractivity contribution in [1.82, 2.24) is 23.6 Å². The molecular formula is C32H39BrN12O5. The fourth-order valence-corrected chi connectivity index (χ4v) is 5.06. The Balaban J connectivity index is 1.34. The highest BCUT2D eigenvalue weighted by molar-refractivity contribution is 9.12. The zero-order valence-corrected chi connectivity index (χ0v) is 29.6. The van der Waals surface area contributed by atoms with E-state index in [-0.39, 0.29) is 33.4 Å². The molecule has 5 amide bonds. The molecule has 18 heteroatoms. The molecule has 17 nitrogen and oxygen atoms in total. The van der Waals surface area contributed by atoms with Gasteiger partial charge in [0.2, 0.25) is 0 Å². The lowest BCUT2D eigenvalue weighted by Gasteiger charge is -2.05. The summed E-state index contributed by atoms with van der Waals surface area (Å²) in [7, 11) is 6.67. The second-order valence-electron chi connectivity index (χ2n) is 11.4. The van der Waals surface area contributed by atoms with E-state index in [4.69, 9.17) is 11.5 Å². The lowest BCUT2D eigenvalue weighted by atomic mass is 10.3. The monoisotopic (exact) mass is 750 g/mol. The predicted molar refractivity (Wildman–Crippen MR) is 194 cm³/mol. The van der Waals surface area contributed by atoms with Crippen LogP contribution in [0.3, 0.4) is 0 Å². The molecule has 4 aromatic heterocycles. The summed E-state index contributed by atoms with van der Waals surface area (Å²) in [5.41, 5.74) is 13.3. The van der Waals surface area contributed by atoms with Crippen LogP contribution >= 0.6 is 15.9 Å².